The molecule has 2 unspecified atom stereocenters. The third kappa shape index (κ3) is 3.44. The highest BCUT2D eigenvalue weighted by molar-refractivity contribution is 7.89. The van der Waals surface area contributed by atoms with Gasteiger partial charge in [0.1, 0.15) is 5.82 Å². The van der Waals surface area contributed by atoms with Crippen LogP contribution in [0.5, 0.6) is 0 Å². The minimum atomic E-state index is -3.62. The van der Waals surface area contributed by atoms with Crippen molar-refractivity contribution in [2.45, 2.75) is 37.6 Å². The first-order valence-electron chi connectivity index (χ1n) is 7.30. The molecule has 0 spiro atoms. The van der Waals surface area contributed by atoms with E-state index in [0.29, 0.717) is 18.7 Å². The summed E-state index contributed by atoms with van der Waals surface area (Å²) in [5, 5.41) is 3.19. The second kappa shape index (κ2) is 6.42. The van der Waals surface area contributed by atoms with Gasteiger partial charge in [-0.3, -0.25) is 0 Å². The van der Waals surface area contributed by atoms with Crippen LogP contribution in [0.4, 0.5) is 4.39 Å². The molecule has 1 aliphatic heterocycles. The van der Waals surface area contributed by atoms with Crippen LogP contribution in [0.25, 0.3) is 0 Å². The highest BCUT2D eigenvalue weighted by atomic mass is 32.2. The molecule has 2 atom stereocenters. The van der Waals surface area contributed by atoms with E-state index in [-0.39, 0.29) is 16.9 Å². The first kappa shape index (κ1) is 16.4. The highest BCUT2D eigenvalue weighted by Gasteiger charge is 2.33. The largest absolute Gasteiger partial charge is 0.317 e. The molecule has 21 heavy (non-hydrogen) atoms. The van der Waals surface area contributed by atoms with Gasteiger partial charge in [0.05, 0.1) is 4.90 Å². The summed E-state index contributed by atoms with van der Waals surface area (Å²) in [6.45, 7) is 4.75. The summed E-state index contributed by atoms with van der Waals surface area (Å²) < 4.78 is 40.4. The van der Waals surface area contributed by atoms with Gasteiger partial charge in [0, 0.05) is 19.1 Å². The predicted molar refractivity (Wildman–Crippen MR) is 81.1 cm³/mol. The number of hydrogen-bond acceptors (Lipinski definition) is 3. The van der Waals surface area contributed by atoms with Gasteiger partial charge in [0.2, 0.25) is 10.0 Å². The Bertz CT molecular complexity index is 604. The van der Waals surface area contributed by atoms with Crippen LogP contribution in [0.2, 0.25) is 0 Å². The number of piperidine rings is 1. The average Bonchev–Trinajstić information content (AvgIpc) is 2.49. The van der Waals surface area contributed by atoms with Gasteiger partial charge in [-0.2, -0.15) is 4.31 Å². The van der Waals surface area contributed by atoms with Crippen LogP contribution in [0, 0.1) is 18.7 Å². The minimum Gasteiger partial charge on any atom is -0.317 e. The predicted octanol–water partition coefficient (Wildman–Crippen LogP) is 2.14. The van der Waals surface area contributed by atoms with E-state index < -0.39 is 15.8 Å². The Labute approximate surface area is 126 Å². The lowest BCUT2D eigenvalue weighted by atomic mass is 9.93. The fourth-order valence-corrected chi connectivity index (χ4v) is 4.60. The molecule has 2 rings (SSSR count). The van der Waals surface area contributed by atoms with Crippen molar-refractivity contribution >= 4 is 10.0 Å². The zero-order valence-electron chi connectivity index (χ0n) is 12.8. The molecule has 118 valence electrons. The molecule has 1 aliphatic rings. The van der Waals surface area contributed by atoms with Crippen LogP contribution in [-0.4, -0.2) is 38.9 Å². The van der Waals surface area contributed by atoms with Crippen molar-refractivity contribution in [2.75, 3.05) is 20.1 Å². The van der Waals surface area contributed by atoms with Crippen molar-refractivity contribution in [2.24, 2.45) is 5.92 Å². The molecule has 4 nitrogen and oxygen atoms in total. The number of hydrogen-bond donors (Lipinski definition) is 1. The fourth-order valence-electron chi connectivity index (χ4n) is 2.83. The molecular formula is C15H23FN2O2S. The van der Waals surface area contributed by atoms with Crippen LogP contribution in [0.3, 0.4) is 0 Å². The van der Waals surface area contributed by atoms with Gasteiger partial charge in [-0.05, 0) is 57.4 Å². The topological polar surface area (TPSA) is 49.4 Å². The van der Waals surface area contributed by atoms with Crippen molar-refractivity contribution in [3.8, 4) is 0 Å². The Balaban J connectivity index is 2.29. The maximum atomic E-state index is 13.4. The Morgan fingerprint density at radius 2 is 2.14 bits per heavy atom. The Hall–Kier alpha value is -0.980. The van der Waals surface area contributed by atoms with Crippen molar-refractivity contribution in [3.63, 3.8) is 0 Å². The van der Waals surface area contributed by atoms with Crippen LogP contribution >= 0.6 is 0 Å². The summed E-state index contributed by atoms with van der Waals surface area (Å²) in [5.74, 6) is -0.233. The number of nitrogens with one attached hydrogen (secondary N) is 1. The Morgan fingerprint density at radius 3 is 2.81 bits per heavy atom. The molecule has 0 saturated carbocycles. The van der Waals surface area contributed by atoms with E-state index in [9.17, 15) is 12.8 Å². The smallest absolute Gasteiger partial charge is 0.243 e. The van der Waals surface area contributed by atoms with Crippen molar-refractivity contribution in [1.29, 1.82) is 0 Å². The SMILES string of the molecule is CNC(C)C1CCCN(S(=O)(=O)c2cc(F)ccc2C)C1. The van der Waals surface area contributed by atoms with Crippen LogP contribution in [0.1, 0.15) is 25.3 Å². The lowest BCUT2D eigenvalue weighted by molar-refractivity contribution is 0.229. The maximum absolute atomic E-state index is 13.4. The molecule has 1 N–H and O–H groups in total. The van der Waals surface area contributed by atoms with Crippen LogP contribution in [0.15, 0.2) is 23.1 Å². The van der Waals surface area contributed by atoms with Crippen molar-refractivity contribution in [1.82, 2.24) is 9.62 Å². The first-order chi connectivity index (χ1) is 9.86. The molecule has 0 bridgehead atoms. The number of aryl methyl sites for hydroxylation is 1. The lowest BCUT2D eigenvalue weighted by Gasteiger charge is -2.35. The Kier molecular flexibility index (Phi) is 5.01. The summed E-state index contributed by atoms with van der Waals surface area (Å²) in [4.78, 5) is 0.0836. The molecule has 1 fully saturated rings. The van der Waals surface area contributed by atoms with Gasteiger partial charge in [0.25, 0.3) is 0 Å². The van der Waals surface area contributed by atoms with E-state index in [4.69, 9.17) is 0 Å². The molecule has 1 saturated heterocycles. The zero-order chi connectivity index (χ0) is 15.6. The second-order valence-corrected chi connectivity index (χ2v) is 7.66. The van der Waals surface area contributed by atoms with E-state index in [2.05, 4.69) is 12.2 Å². The fraction of sp³-hybridized carbons (Fsp3) is 0.600. The third-order valence-electron chi connectivity index (χ3n) is 4.35. The first-order valence-corrected chi connectivity index (χ1v) is 8.74. The monoisotopic (exact) mass is 314 g/mol. The lowest BCUT2D eigenvalue weighted by Crippen LogP contribution is -2.45. The maximum Gasteiger partial charge on any atom is 0.243 e. The van der Waals surface area contributed by atoms with E-state index in [0.717, 1.165) is 18.9 Å². The summed E-state index contributed by atoms with van der Waals surface area (Å²) in [7, 11) is -1.74. The summed E-state index contributed by atoms with van der Waals surface area (Å²) in [6, 6.07) is 4.18. The summed E-state index contributed by atoms with van der Waals surface area (Å²) in [6.07, 6.45) is 1.85. The van der Waals surface area contributed by atoms with E-state index >= 15 is 0 Å². The molecule has 0 amide bonds. The van der Waals surface area contributed by atoms with Gasteiger partial charge in [-0.15, -0.1) is 0 Å². The molecule has 6 heteroatoms. The standard InChI is InChI=1S/C15H23FN2O2S/c1-11-6-7-14(16)9-15(11)21(19,20)18-8-4-5-13(10-18)12(2)17-3/h6-7,9,12-13,17H,4-5,8,10H2,1-3H3. The van der Waals surface area contributed by atoms with Crippen molar-refractivity contribution < 1.29 is 12.8 Å². The number of nitrogens with zero attached hydrogens (tertiary/aromatic N) is 1. The number of benzene rings is 1. The normalized spacial score (nSPS) is 22.2. The number of rotatable bonds is 4. The van der Waals surface area contributed by atoms with Gasteiger partial charge in [-0.25, -0.2) is 12.8 Å². The number of sulfonamides is 1. The molecule has 0 aliphatic carbocycles. The Morgan fingerprint density at radius 1 is 1.43 bits per heavy atom. The summed E-state index contributed by atoms with van der Waals surface area (Å²) >= 11 is 0. The van der Waals surface area contributed by atoms with Gasteiger partial charge < -0.3 is 5.32 Å². The van der Waals surface area contributed by atoms with Gasteiger partial charge in [0.15, 0.2) is 0 Å². The van der Waals surface area contributed by atoms with E-state index in [1.807, 2.05) is 7.05 Å². The van der Waals surface area contributed by atoms with Crippen LogP contribution < -0.4 is 5.32 Å². The molecular weight excluding hydrogens is 291 g/mol. The summed E-state index contributed by atoms with van der Waals surface area (Å²) in [5.41, 5.74) is 0.584. The molecule has 1 heterocycles. The molecule has 0 radical (unpaired) electrons. The minimum absolute atomic E-state index is 0.0836. The zero-order valence-corrected chi connectivity index (χ0v) is 13.6. The highest BCUT2D eigenvalue weighted by Crippen LogP contribution is 2.27. The van der Waals surface area contributed by atoms with Gasteiger partial charge in [-0.1, -0.05) is 6.07 Å². The average molecular weight is 314 g/mol. The molecule has 0 aromatic heterocycles. The molecule has 1 aromatic carbocycles. The third-order valence-corrected chi connectivity index (χ3v) is 6.36. The van der Waals surface area contributed by atoms with Gasteiger partial charge >= 0.3 is 0 Å². The quantitative estimate of drug-likeness (QED) is 0.926. The second-order valence-electron chi connectivity index (χ2n) is 5.75. The van der Waals surface area contributed by atoms with E-state index in [1.54, 1.807) is 6.92 Å². The van der Waals surface area contributed by atoms with E-state index in [1.165, 1.54) is 16.4 Å². The van der Waals surface area contributed by atoms with Crippen LogP contribution in [-0.2, 0) is 10.0 Å². The molecule has 1 aromatic rings. The van der Waals surface area contributed by atoms with Crippen molar-refractivity contribution in [3.05, 3.63) is 29.6 Å². The number of halogens is 1.